The standard InChI is InChI=1S/C10H13N3O3S/c11-10(14)8-3-4-9(12-7-8)13-5-1-2-6-17(13,15)16/h3-4,7H,1-2,5-6H2,(H2,11,14). The van der Waals surface area contributed by atoms with Gasteiger partial charge in [-0.3, -0.25) is 9.10 Å². The highest BCUT2D eigenvalue weighted by molar-refractivity contribution is 7.92. The van der Waals surface area contributed by atoms with Crippen molar-refractivity contribution < 1.29 is 13.2 Å². The van der Waals surface area contributed by atoms with Gasteiger partial charge in [-0.2, -0.15) is 0 Å². The lowest BCUT2D eigenvalue weighted by molar-refractivity contribution is 0.1000. The smallest absolute Gasteiger partial charge is 0.250 e. The normalized spacial score (nSPS) is 18.9. The van der Waals surface area contributed by atoms with Crippen LogP contribution < -0.4 is 10.0 Å². The van der Waals surface area contributed by atoms with Gasteiger partial charge in [0.05, 0.1) is 11.3 Å². The first-order valence-electron chi connectivity index (χ1n) is 5.27. The Kier molecular flexibility index (Phi) is 3.01. The van der Waals surface area contributed by atoms with Gasteiger partial charge in [-0.1, -0.05) is 0 Å². The molecule has 0 aliphatic carbocycles. The van der Waals surface area contributed by atoms with Crippen LogP contribution in [0.15, 0.2) is 18.3 Å². The molecule has 0 radical (unpaired) electrons. The number of nitrogens with zero attached hydrogens (tertiary/aromatic N) is 2. The Labute approximate surface area is 99.5 Å². The van der Waals surface area contributed by atoms with Crippen LogP contribution in [0.4, 0.5) is 5.82 Å². The van der Waals surface area contributed by atoms with Crippen molar-refractivity contribution in [2.45, 2.75) is 12.8 Å². The highest BCUT2D eigenvalue weighted by Gasteiger charge is 2.26. The summed E-state index contributed by atoms with van der Waals surface area (Å²) in [5.41, 5.74) is 5.35. The average Bonchev–Trinajstić information content (AvgIpc) is 2.28. The lowest BCUT2D eigenvalue weighted by atomic mass is 10.2. The number of aromatic nitrogens is 1. The Bertz CT molecular complexity index is 524. The molecule has 1 aliphatic rings. The zero-order chi connectivity index (χ0) is 12.5. The third kappa shape index (κ3) is 2.38. The number of carbonyl (C=O) groups is 1. The van der Waals surface area contributed by atoms with Crippen LogP contribution in [0, 0.1) is 0 Å². The maximum absolute atomic E-state index is 11.8. The number of nitrogens with two attached hydrogens (primary N) is 1. The van der Waals surface area contributed by atoms with Crippen molar-refractivity contribution >= 4 is 21.7 Å². The van der Waals surface area contributed by atoms with Gasteiger partial charge in [-0.15, -0.1) is 0 Å². The van der Waals surface area contributed by atoms with Crippen LogP contribution in [0.1, 0.15) is 23.2 Å². The minimum Gasteiger partial charge on any atom is -0.366 e. The van der Waals surface area contributed by atoms with Crippen molar-refractivity contribution in [3.05, 3.63) is 23.9 Å². The average molecular weight is 255 g/mol. The first kappa shape index (κ1) is 11.8. The summed E-state index contributed by atoms with van der Waals surface area (Å²) in [5, 5.41) is 0. The molecule has 2 rings (SSSR count). The molecule has 2 N–H and O–H groups in total. The van der Waals surface area contributed by atoms with Gasteiger partial charge in [0.2, 0.25) is 15.9 Å². The third-order valence-corrected chi connectivity index (χ3v) is 4.48. The topological polar surface area (TPSA) is 93.4 Å². The Balaban J connectivity index is 2.30. The van der Waals surface area contributed by atoms with Crippen molar-refractivity contribution in [2.24, 2.45) is 5.73 Å². The maximum atomic E-state index is 11.8. The molecule has 92 valence electrons. The summed E-state index contributed by atoms with van der Waals surface area (Å²) in [6, 6.07) is 2.98. The van der Waals surface area contributed by atoms with Crippen LogP contribution in [0.2, 0.25) is 0 Å². The molecular weight excluding hydrogens is 242 g/mol. The van der Waals surface area contributed by atoms with E-state index in [-0.39, 0.29) is 11.3 Å². The van der Waals surface area contributed by atoms with Crippen molar-refractivity contribution in [3.63, 3.8) is 0 Å². The van der Waals surface area contributed by atoms with Crippen molar-refractivity contribution in [1.82, 2.24) is 4.98 Å². The lowest BCUT2D eigenvalue weighted by Gasteiger charge is -2.27. The second-order valence-corrected chi connectivity index (χ2v) is 5.88. The molecule has 7 heteroatoms. The minimum atomic E-state index is -3.26. The molecule has 0 aromatic carbocycles. The van der Waals surface area contributed by atoms with E-state index >= 15 is 0 Å². The van der Waals surface area contributed by atoms with Gasteiger partial charge in [0.1, 0.15) is 5.82 Å². The predicted octanol–water partition coefficient (Wildman–Crippen LogP) is 0.111. The minimum absolute atomic E-state index is 0.145. The summed E-state index contributed by atoms with van der Waals surface area (Å²) < 4.78 is 24.9. The van der Waals surface area contributed by atoms with Gasteiger partial charge in [0.25, 0.3) is 0 Å². The molecule has 1 aromatic heterocycles. The molecule has 0 spiro atoms. The zero-order valence-electron chi connectivity index (χ0n) is 9.17. The summed E-state index contributed by atoms with van der Waals surface area (Å²) in [6.45, 7) is 0.436. The molecule has 0 atom stereocenters. The molecule has 1 amide bonds. The van der Waals surface area contributed by atoms with Gasteiger partial charge in [-0.25, -0.2) is 13.4 Å². The first-order valence-corrected chi connectivity index (χ1v) is 6.88. The molecule has 0 saturated carbocycles. The largest absolute Gasteiger partial charge is 0.366 e. The second kappa shape index (κ2) is 4.33. The number of rotatable bonds is 2. The van der Waals surface area contributed by atoms with Crippen LogP contribution in [0.25, 0.3) is 0 Å². The van der Waals surface area contributed by atoms with Crippen LogP contribution in [0.3, 0.4) is 0 Å². The summed E-state index contributed by atoms with van der Waals surface area (Å²) in [4.78, 5) is 14.8. The highest BCUT2D eigenvalue weighted by atomic mass is 32.2. The number of carbonyl (C=O) groups excluding carboxylic acids is 1. The molecule has 2 heterocycles. The van der Waals surface area contributed by atoms with Crippen LogP contribution in [-0.2, 0) is 10.0 Å². The van der Waals surface area contributed by atoms with Crippen LogP contribution in [0.5, 0.6) is 0 Å². The maximum Gasteiger partial charge on any atom is 0.250 e. The van der Waals surface area contributed by atoms with E-state index in [2.05, 4.69) is 4.98 Å². The van der Waals surface area contributed by atoms with E-state index < -0.39 is 15.9 Å². The van der Waals surface area contributed by atoms with Gasteiger partial charge in [0, 0.05) is 12.7 Å². The van der Waals surface area contributed by atoms with Crippen molar-refractivity contribution in [3.8, 4) is 0 Å². The molecule has 1 saturated heterocycles. The fourth-order valence-electron chi connectivity index (χ4n) is 1.73. The van der Waals surface area contributed by atoms with E-state index in [1.807, 2.05) is 0 Å². The van der Waals surface area contributed by atoms with E-state index in [1.54, 1.807) is 0 Å². The molecule has 0 bridgehead atoms. The second-order valence-electron chi connectivity index (χ2n) is 3.86. The summed E-state index contributed by atoms with van der Waals surface area (Å²) in [7, 11) is -3.26. The van der Waals surface area contributed by atoms with Gasteiger partial charge < -0.3 is 5.73 Å². The Morgan fingerprint density at radius 3 is 2.65 bits per heavy atom. The van der Waals surface area contributed by atoms with Gasteiger partial charge in [-0.05, 0) is 25.0 Å². The van der Waals surface area contributed by atoms with E-state index in [0.717, 1.165) is 6.42 Å². The third-order valence-electron chi connectivity index (χ3n) is 2.64. The molecule has 6 nitrogen and oxygen atoms in total. The van der Waals surface area contributed by atoms with Gasteiger partial charge >= 0.3 is 0 Å². The molecular formula is C10H13N3O3S. The monoisotopic (exact) mass is 255 g/mol. The fourth-order valence-corrected chi connectivity index (χ4v) is 3.32. The van der Waals surface area contributed by atoms with Crippen LogP contribution in [-0.4, -0.2) is 31.6 Å². The Hall–Kier alpha value is -1.63. The van der Waals surface area contributed by atoms with E-state index in [9.17, 15) is 13.2 Å². The number of hydrogen-bond acceptors (Lipinski definition) is 4. The number of hydrogen-bond donors (Lipinski definition) is 1. The zero-order valence-corrected chi connectivity index (χ0v) is 9.98. The fraction of sp³-hybridized carbons (Fsp3) is 0.400. The molecule has 17 heavy (non-hydrogen) atoms. The number of anilines is 1. The summed E-state index contributed by atoms with van der Waals surface area (Å²) in [5.74, 6) is -0.0908. The molecule has 1 aliphatic heterocycles. The van der Waals surface area contributed by atoms with Gasteiger partial charge in [0.15, 0.2) is 0 Å². The van der Waals surface area contributed by atoms with Crippen molar-refractivity contribution in [1.29, 1.82) is 0 Å². The van der Waals surface area contributed by atoms with Crippen LogP contribution >= 0.6 is 0 Å². The Morgan fingerprint density at radius 1 is 1.35 bits per heavy atom. The number of pyridine rings is 1. The highest BCUT2D eigenvalue weighted by Crippen LogP contribution is 2.21. The summed E-state index contributed by atoms with van der Waals surface area (Å²) >= 11 is 0. The summed E-state index contributed by atoms with van der Waals surface area (Å²) in [6.07, 6.45) is 2.79. The SMILES string of the molecule is NC(=O)c1ccc(N2CCCCS2(=O)=O)nc1. The van der Waals surface area contributed by atoms with E-state index in [0.29, 0.717) is 18.8 Å². The van der Waals surface area contributed by atoms with Crippen molar-refractivity contribution in [2.75, 3.05) is 16.6 Å². The van der Waals surface area contributed by atoms with E-state index in [1.165, 1.54) is 22.6 Å². The first-order chi connectivity index (χ1) is 8.00. The number of amides is 1. The van der Waals surface area contributed by atoms with E-state index in [4.69, 9.17) is 5.73 Å². The Morgan fingerprint density at radius 2 is 2.12 bits per heavy atom. The number of sulfonamides is 1. The molecule has 1 aromatic rings. The molecule has 0 unspecified atom stereocenters. The molecule has 1 fully saturated rings. The number of primary amides is 1. The predicted molar refractivity (Wildman–Crippen MR) is 63.1 cm³/mol. The quantitative estimate of drug-likeness (QED) is 0.811. The lowest BCUT2D eigenvalue weighted by Crippen LogP contribution is -2.38.